The summed E-state index contributed by atoms with van der Waals surface area (Å²) < 4.78 is 44.1. The minimum Gasteiger partial charge on any atom is -0.493 e. The molecule has 1 aromatic rings. The molecule has 0 amide bonds. The molecular weight excluding hydrogens is 279 g/mol. The first-order valence-electron chi connectivity index (χ1n) is 7.47. The summed E-state index contributed by atoms with van der Waals surface area (Å²) in [5.74, 6) is 0.781. The highest BCUT2D eigenvalue weighted by molar-refractivity contribution is 5.42. The van der Waals surface area contributed by atoms with Crippen molar-refractivity contribution in [1.29, 1.82) is 0 Å². The van der Waals surface area contributed by atoms with Crippen LogP contribution in [0.2, 0.25) is 0 Å². The first-order chi connectivity index (χ1) is 9.88. The van der Waals surface area contributed by atoms with Crippen LogP contribution < -0.4 is 4.74 Å². The Labute approximate surface area is 122 Å². The van der Waals surface area contributed by atoms with Crippen LogP contribution in [-0.2, 0) is 6.18 Å². The summed E-state index contributed by atoms with van der Waals surface area (Å²) >= 11 is 0. The second-order valence-electron chi connectivity index (χ2n) is 6.24. The Hall–Kier alpha value is -1.23. The summed E-state index contributed by atoms with van der Waals surface area (Å²) in [5, 5.41) is 0. The molecule has 3 rings (SSSR count). The fourth-order valence-corrected chi connectivity index (χ4v) is 3.57. The Morgan fingerprint density at radius 2 is 2.05 bits per heavy atom. The molecule has 0 bridgehead atoms. The molecule has 0 aliphatic carbocycles. The van der Waals surface area contributed by atoms with Gasteiger partial charge in [0.05, 0.1) is 12.2 Å². The van der Waals surface area contributed by atoms with Gasteiger partial charge >= 0.3 is 6.18 Å². The Balaban J connectivity index is 2.00. The van der Waals surface area contributed by atoms with E-state index in [1.54, 1.807) is 6.07 Å². The van der Waals surface area contributed by atoms with E-state index in [4.69, 9.17) is 4.74 Å². The highest BCUT2D eigenvalue weighted by Crippen LogP contribution is 2.46. The fraction of sp³-hybridized carbons (Fsp3) is 0.625. The number of nitrogens with zero attached hydrogens (tertiary/aromatic N) is 1. The van der Waals surface area contributed by atoms with Crippen LogP contribution in [0.1, 0.15) is 43.9 Å². The second-order valence-corrected chi connectivity index (χ2v) is 6.24. The Morgan fingerprint density at radius 1 is 1.29 bits per heavy atom. The minimum absolute atomic E-state index is 0.185. The number of rotatable bonds is 1. The Morgan fingerprint density at radius 3 is 2.71 bits per heavy atom. The van der Waals surface area contributed by atoms with Crippen LogP contribution >= 0.6 is 0 Å². The molecule has 1 fully saturated rings. The molecule has 116 valence electrons. The number of hydrogen-bond acceptors (Lipinski definition) is 2. The van der Waals surface area contributed by atoms with Crippen molar-refractivity contribution in [2.24, 2.45) is 5.92 Å². The summed E-state index contributed by atoms with van der Waals surface area (Å²) in [4.78, 5) is 2.39. The van der Waals surface area contributed by atoms with E-state index in [0.29, 0.717) is 24.3 Å². The van der Waals surface area contributed by atoms with Crippen LogP contribution in [0.5, 0.6) is 5.75 Å². The van der Waals surface area contributed by atoms with E-state index in [-0.39, 0.29) is 6.04 Å². The van der Waals surface area contributed by atoms with Crippen molar-refractivity contribution in [3.8, 4) is 5.75 Å². The summed E-state index contributed by atoms with van der Waals surface area (Å²) in [6, 6.07) is 4.50. The molecular formula is C16H20F3NO. The topological polar surface area (TPSA) is 12.5 Å². The summed E-state index contributed by atoms with van der Waals surface area (Å²) in [6.45, 7) is 5.80. The second kappa shape index (κ2) is 5.20. The highest BCUT2D eigenvalue weighted by atomic mass is 19.4. The van der Waals surface area contributed by atoms with Gasteiger partial charge in [0.1, 0.15) is 5.75 Å². The molecule has 2 nitrogen and oxygen atoms in total. The van der Waals surface area contributed by atoms with Crippen molar-refractivity contribution in [2.45, 2.75) is 44.9 Å². The third-order valence-electron chi connectivity index (χ3n) is 4.57. The number of alkyl halides is 3. The number of likely N-dealkylation sites (tertiary alicyclic amines) is 1. The van der Waals surface area contributed by atoms with Crippen molar-refractivity contribution < 1.29 is 17.9 Å². The molecule has 0 aromatic heterocycles. The normalized spacial score (nSPS) is 26.2. The lowest BCUT2D eigenvalue weighted by Gasteiger charge is -2.46. The molecule has 2 heterocycles. The quantitative estimate of drug-likeness (QED) is 0.768. The Bertz CT molecular complexity index is 527. The van der Waals surface area contributed by atoms with Crippen LogP contribution in [-0.4, -0.2) is 24.1 Å². The van der Waals surface area contributed by atoms with Crippen molar-refractivity contribution in [3.63, 3.8) is 0 Å². The highest BCUT2D eigenvalue weighted by Gasteiger charge is 2.40. The molecule has 1 saturated heterocycles. The third kappa shape index (κ3) is 2.63. The number of hydrogen-bond donors (Lipinski definition) is 0. The van der Waals surface area contributed by atoms with Gasteiger partial charge in [-0.2, -0.15) is 13.2 Å². The van der Waals surface area contributed by atoms with Crippen LogP contribution in [0.3, 0.4) is 0 Å². The monoisotopic (exact) mass is 299 g/mol. The lowest BCUT2D eigenvalue weighted by molar-refractivity contribution is -0.137. The lowest BCUT2D eigenvalue weighted by Crippen LogP contribution is -2.46. The number of halogens is 3. The molecule has 0 radical (unpaired) electrons. The van der Waals surface area contributed by atoms with Gasteiger partial charge in [0.25, 0.3) is 0 Å². The van der Waals surface area contributed by atoms with Gasteiger partial charge < -0.3 is 4.74 Å². The van der Waals surface area contributed by atoms with E-state index in [9.17, 15) is 13.2 Å². The first kappa shape index (κ1) is 14.7. The lowest BCUT2D eigenvalue weighted by atomic mass is 9.82. The van der Waals surface area contributed by atoms with E-state index < -0.39 is 11.7 Å². The van der Waals surface area contributed by atoms with Crippen molar-refractivity contribution in [2.75, 3.05) is 13.2 Å². The number of ether oxygens (including phenoxy) is 1. The number of piperidine rings is 1. The average molecular weight is 299 g/mol. The molecule has 1 aromatic carbocycles. The predicted molar refractivity (Wildman–Crippen MR) is 74.2 cm³/mol. The SMILES string of the molecule is CC(C)N1CCC[C@@H]2COc3cc(C(F)(F)F)ccc3[C@@H]21. The molecule has 0 saturated carbocycles. The van der Waals surface area contributed by atoms with Gasteiger partial charge in [-0.05, 0) is 45.4 Å². The zero-order valence-electron chi connectivity index (χ0n) is 12.3. The first-order valence-corrected chi connectivity index (χ1v) is 7.47. The fourth-order valence-electron chi connectivity index (χ4n) is 3.57. The number of fused-ring (bicyclic) bond motifs is 3. The van der Waals surface area contributed by atoms with Gasteiger partial charge in [0.15, 0.2) is 0 Å². The van der Waals surface area contributed by atoms with E-state index in [1.165, 1.54) is 6.07 Å². The molecule has 0 N–H and O–H groups in total. The molecule has 21 heavy (non-hydrogen) atoms. The summed E-state index contributed by atoms with van der Waals surface area (Å²) in [5.41, 5.74) is 0.277. The van der Waals surface area contributed by atoms with E-state index in [2.05, 4.69) is 18.7 Å². The van der Waals surface area contributed by atoms with Gasteiger partial charge in [0.2, 0.25) is 0 Å². The van der Waals surface area contributed by atoms with Crippen LogP contribution in [0.4, 0.5) is 13.2 Å². The summed E-state index contributed by atoms with van der Waals surface area (Å²) in [6.07, 6.45) is -2.12. The molecule has 0 spiro atoms. The standard InChI is InChI=1S/C16H20F3NO/c1-10(2)20-7-3-4-11-9-21-14-8-12(16(17,18)19)5-6-13(14)15(11)20/h5-6,8,10-11,15H,3-4,7,9H2,1-2H3/t11-,15-/m1/s1. The predicted octanol–water partition coefficient (Wildman–Crippen LogP) is 4.26. The maximum absolute atomic E-state index is 12.8. The third-order valence-corrected chi connectivity index (χ3v) is 4.57. The van der Waals surface area contributed by atoms with Crippen molar-refractivity contribution in [3.05, 3.63) is 29.3 Å². The van der Waals surface area contributed by atoms with Crippen molar-refractivity contribution in [1.82, 2.24) is 4.90 Å². The minimum atomic E-state index is -4.32. The van der Waals surface area contributed by atoms with E-state index >= 15 is 0 Å². The summed E-state index contributed by atoms with van der Waals surface area (Å²) in [7, 11) is 0. The van der Waals surface area contributed by atoms with Gasteiger partial charge in [-0.25, -0.2) is 0 Å². The van der Waals surface area contributed by atoms with Gasteiger partial charge in [-0.15, -0.1) is 0 Å². The van der Waals surface area contributed by atoms with Crippen LogP contribution in [0.25, 0.3) is 0 Å². The maximum atomic E-state index is 12.8. The molecule has 0 unspecified atom stereocenters. The smallest absolute Gasteiger partial charge is 0.416 e. The van der Waals surface area contributed by atoms with Crippen LogP contribution in [0.15, 0.2) is 18.2 Å². The maximum Gasteiger partial charge on any atom is 0.416 e. The van der Waals surface area contributed by atoms with E-state index in [0.717, 1.165) is 31.0 Å². The van der Waals surface area contributed by atoms with Gasteiger partial charge in [-0.3, -0.25) is 4.90 Å². The van der Waals surface area contributed by atoms with Crippen LogP contribution in [0, 0.1) is 5.92 Å². The zero-order chi connectivity index (χ0) is 15.2. The molecule has 2 aliphatic heterocycles. The molecule has 5 heteroatoms. The largest absolute Gasteiger partial charge is 0.493 e. The Kier molecular flexibility index (Phi) is 3.64. The molecule has 2 atom stereocenters. The molecule has 2 aliphatic rings. The van der Waals surface area contributed by atoms with E-state index in [1.807, 2.05) is 0 Å². The van der Waals surface area contributed by atoms with Gasteiger partial charge in [-0.1, -0.05) is 6.07 Å². The van der Waals surface area contributed by atoms with Crippen molar-refractivity contribution >= 4 is 0 Å². The number of benzene rings is 1. The van der Waals surface area contributed by atoms with Gasteiger partial charge in [0, 0.05) is 23.6 Å². The average Bonchev–Trinajstić information content (AvgIpc) is 2.44. The zero-order valence-corrected chi connectivity index (χ0v) is 12.3.